The minimum atomic E-state index is -0.374. The van der Waals surface area contributed by atoms with E-state index in [1.807, 2.05) is 20.0 Å². The van der Waals surface area contributed by atoms with Crippen molar-refractivity contribution in [3.63, 3.8) is 0 Å². The number of amides is 2. The summed E-state index contributed by atoms with van der Waals surface area (Å²) < 4.78 is 0. The van der Waals surface area contributed by atoms with Crippen LogP contribution in [0, 0.1) is 6.92 Å². The molecule has 1 saturated heterocycles. The lowest BCUT2D eigenvalue weighted by Crippen LogP contribution is -2.44. The Morgan fingerprint density at radius 3 is 2.95 bits per heavy atom. The van der Waals surface area contributed by atoms with E-state index in [0.29, 0.717) is 25.9 Å². The lowest BCUT2D eigenvalue weighted by atomic mass is 10.1. The van der Waals surface area contributed by atoms with Crippen LogP contribution in [0.5, 0.6) is 0 Å². The number of nitrogens with zero attached hydrogens (tertiary/aromatic N) is 2. The van der Waals surface area contributed by atoms with E-state index in [1.165, 1.54) is 0 Å². The van der Waals surface area contributed by atoms with Gasteiger partial charge in [-0.1, -0.05) is 13.3 Å². The van der Waals surface area contributed by atoms with Crippen LogP contribution in [-0.2, 0) is 16.1 Å². The second kappa shape index (κ2) is 6.14. The number of aromatic nitrogens is 1. The van der Waals surface area contributed by atoms with Gasteiger partial charge in [-0.25, -0.2) is 4.98 Å². The molecule has 1 atom stereocenters. The fraction of sp³-hybridized carbons (Fsp3) is 0.615. The zero-order valence-electron chi connectivity index (χ0n) is 11.3. The summed E-state index contributed by atoms with van der Waals surface area (Å²) in [7, 11) is 0. The fourth-order valence-corrected chi connectivity index (χ4v) is 2.98. The van der Waals surface area contributed by atoms with E-state index in [-0.39, 0.29) is 17.9 Å². The molecule has 1 aliphatic heterocycles. The molecule has 1 aromatic heterocycles. The van der Waals surface area contributed by atoms with Gasteiger partial charge in [0.2, 0.25) is 11.8 Å². The normalized spacial score (nSPS) is 20.3. The monoisotopic (exact) mass is 281 g/mol. The first kappa shape index (κ1) is 14.0. The van der Waals surface area contributed by atoms with Crippen molar-refractivity contribution in [2.75, 3.05) is 6.54 Å². The highest BCUT2D eigenvalue weighted by molar-refractivity contribution is 7.11. The van der Waals surface area contributed by atoms with Gasteiger partial charge in [0.05, 0.1) is 6.54 Å². The molecule has 0 bridgehead atoms. The Morgan fingerprint density at radius 2 is 2.32 bits per heavy atom. The lowest BCUT2D eigenvalue weighted by Gasteiger charge is -2.22. The summed E-state index contributed by atoms with van der Waals surface area (Å²) in [6, 6.07) is -0.374. The van der Waals surface area contributed by atoms with Crippen molar-refractivity contribution in [3.05, 3.63) is 16.1 Å². The van der Waals surface area contributed by atoms with Crippen molar-refractivity contribution in [2.24, 2.45) is 0 Å². The van der Waals surface area contributed by atoms with Crippen molar-refractivity contribution < 1.29 is 9.59 Å². The first-order valence-corrected chi connectivity index (χ1v) is 7.41. The molecule has 19 heavy (non-hydrogen) atoms. The SMILES string of the molecule is CCCC1NC(=O)CCN(Cc2ncc(C)s2)C1=O. The second-order valence-corrected chi connectivity index (χ2v) is 6.10. The third kappa shape index (κ3) is 3.53. The molecule has 0 aliphatic carbocycles. The molecule has 1 aliphatic rings. The average Bonchev–Trinajstić information content (AvgIpc) is 2.73. The van der Waals surface area contributed by atoms with Crippen LogP contribution in [0.2, 0.25) is 0 Å². The summed E-state index contributed by atoms with van der Waals surface area (Å²) >= 11 is 1.60. The Hall–Kier alpha value is -1.43. The maximum Gasteiger partial charge on any atom is 0.245 e. The van der Waals surface area contributed by atoms with Gasteiger partial charge in [0, 0.05) is 24.0 Å². The van der Waals surface area contributed by atoms with E-state index < -0.39 is 0 Å². The first-order valence-electron chi connectivity index (χ1n) is 6.59. The summed E-state index contributed by atoms with van der Waals surface area (Å²) in [5.41, 5.74) is 0. The molecule has 1 aromatic rings. The summed E-state index contributed by atoms with van der Waals surface area (Å²) in [5, 5.41) is 3.73. The van der Waals surface area contributed by atoms with E-state index in [4.69, 9.17) is 0 Å². The lowest BCUT2D eigenvalue weighted by molar-refractivity contribution is -0.134. The summed E-state index contributed by atoms with van der Waals surface area (Å²) in [6.07, 6.45) is 3.75. The summed E-state index contributed by atoms with van der Waals surface area (Å²) in [4.78, 5) is 31.2. The molecule has 0 spiro atoms. The van der Waals surface area contributed by atoms with Crippen molar-refractivity contribution in [2.45, 2.75) is 45.7 Å². The van der Waals surface area contributed by atoms with Crippen LogP contribution in [0.1, 0.15) is 36.1 Å². The van der Waals surface area contributed by atoms with Gasteiger partial charge in [0.25, 0.3) is 0 Å². The average molecular weight is 281 g/mol. The molecule has 0 radical (unpaired) electrons. The number of thiazole rings is 1. The first-order chi connectivity index (χ1) is 9.10. The topological polar surface area (TPSA) is 62.3 Å². The zero-order chi connectivity index (χ0) is 13.8. The third-order valence-corrected chi connectivity index (χ3v) is 4.02. The number of aryl methyl sites for hydroxylation is 1. The zero-order valence-corrected chi connectivity index (χ0v) is 12.1. The number of carbonyl (C=O) groups excluding carboxylic acids is 2. The van der Waals surface area contributed by atoms with Gasteiger partial charge < -0.3 is 10.2 Å². The standard InChI is InChI=1S/C13H19N3O2S/c1-3-4-10-13(18)16(6-5-11(17)15-10)8-12-14-7-9(2)19-12/h7,10H,3-6,8H2,1-2H3,(H,15,17). The quantitative estimate of drug-likeness (QED) is 0.909. The van der Waals surface area contributed by atoms with Gasteiger partial charge in [-0.15, -0.1) is 11.3 Å². The maximum absolute atomic E-state index is 12.4. The van der Waals surface area contributed by atoms with Crippen molar-refractivity contribution in [1.29, 1.82) is 0 Å². The number of nitrogens with one attached hydrogen (secondary N) is 1. The predicted molar refractivity (Wildman–Crippen MR) is 73.7 cm³/mol. The number of rotatable bonds is 4. The molecular weight excluding hydrogens is 262 g/mol. The van der Waals surface area contributed by atoms with Gasteiger partial charge in [-0.3, -0.25) is 9.59 Å². The molecule has 2 amide bonds. The van der Waals surface area contributed by atoms with Crippen LogP contribution in [0.25, 0.3) is 0 Å². The molecule has 6 heteroatoms. The molecule has 1 fully saturated rings. The van der Waals surface area contributed by atoms with Gasteiger partial charge in [0.15, 0.2) is 0 Å². The van der Waals surface area contributed by atoms with Crippen molar-refractivity contribution in [1.82, 2.24) is 15.2 Å². The van der Waals surface area contributed by atoms with Gasteiger partial charge >= 0.3 is 0 Å². The molecular formula is C13H19N3O2S. The van der Waals surface area contributed by atoms with Crippen LogP contribution in [-0.4, -0.2) is 34.3 Å². The van der Waals surface area contributed by atoms with Crippen LogP contribution in [0.4, 0.5) is 0 Å². The minimum absolute atomic E-state index is 0.0144. The Kier molecular flexibility index (Phi) is 4.52. The van der Waals surface area contributed by atoms with Crippen LogP contribution in [0.3, 0.4) is 0 Å². The van der Waals surface area contributed by atoms with E-state index in [0.717, 1.165) is 16.3 Å². The minimum Gasteiger partial charge on any atom is -0.344 e. The highest BCUT2D eigenvalue weighted by Gasteiger charge is 2.29. The van der Waals surface area contributed by atoms with Crippen LogP contribution >= 0.6 is 11.3 Å². The summed E-state index contributed by atoms with van der Waals surface area (Å²) in [5.74, 6) is -0.0230. The fourth-order valence-electron chi connectivity index (χ4n) is 2.17. The predicted octanol–water partition coefficient (Wildman–Crippen LogP) is 1.47. The second-order valence-electron chi connectivity index (χ2n) is 4.78. The number of hydrogen-bond donors (Lipinski definition) is 1. The molecule has 104 valence electrons. The Morgan fingerprint density at radius 1 is 1.53 bits per heavy atom. The van der Waals surface area contributed by atoms with E-state index in [2.05, 4.69) is 10.3 Å². The molecule has 2 heterocycles. The van der Waals surface area contributed by atoms with Gasteiger partial charge in [0.1, 0.15) is 11.0 Å². The highest BCUT2D eigenvalue weighted by Crippen LogP contribution is 2.16. The summed E-state index contributed by atoms with van der Waals surface area (Å²) in [6.45, 7) is 4.99. The Bertz CT molecular complexity index is 472. The number of carbonyl (C=O) groups is 2. The highest BCUT2D eigenvalue weighted by atomic mass is 32.1. The molecule has 0 aromatic carbocycles. The van der Waals surface area contributed by atoms with E-state index in [9.17, 15) is 9.59 Å². The molecule has 1 N–H and O–H groups in total. The molecule has 5 nitrogen and oxygen atoms in total. The smallest absolute Gasteiger partial charge is 0.245 e. The van der Waals surface area contributed by atoms with Crippen LogP contribution < -0.4 is 5.32 Å². The molecule has 0 saturated carbocycles. The van der Waals surface area contributed by atoms with E-state index >= 15 is 0 Å². The third-order valence-electron chi connectivity index (χ3n) is 3.13. The largest absolute Gasteiger partial charge is 0.344 e. The number of hydrogen-bond acceptors (Lipinski definition) is 4. The van der Waals surface area contributed by atoms with Crippen molar-refractivity contribution >= 4 is 23.2 Å². The Labute approximate surface area is 117 Å². The van der Waals surface area contributed by atoms with E-state index in [1.54, 1.807) is 16.2 Å². The molecule has 1 unspecified atom stereocenters. The van der Waals surface area contributed by atoms with Crippen LogP contribution in [0.15, 0.2) is 6.20 Å². The van der Waals surface area contributed by atoms with Gasteiger partial charge in [-0.2, -0.15) is 0 Å². The van der Waals surface area contributed by atoms with Gasteiger partial charge in [-0.05, 0) is 13.3 Å². The Balaban J connectivity index is 2.09. The van der Waals surface area contributed by atoms with Crippen molar-refractivity contribution in [3.8, 4) is 0 Å². The molecule has 2 rings (SSSR count). The maximum atomic E-state index is 12.4.